The molecule has 0 saturated carbocycles. The third-order valence-electron chi connectivity index (χ3n) is 5.37. The van der Waals surface area contributed by atoms with Crippen molar-refractivity contribution in [3.8, 4) is 5.75 Å². The van der Waals surface area contributed by atoms with Crippen molar-refractivity contribution in [2.24, 2.45) is 11.8 Å². The van der Waals surface area contributed by atoms with Crippen molar-refractivity contribution in [3.05, 3.63) is 65.2 Å². The van der Waals surface area contributed by atoms with E-state index < -0.39 is 0 Å². The maximum absolute atomic E-state index is 12.8. The van der Waals surface area contributed by atoms with E-state index in [9.17, 15) is 9.59 Å². The SMILES string of the molecule is COc1ccc(C(=O)N2CCC(C(=O)c3ccc(CC(C)C)cc3)CC2)cc1. The average molecular weight is 380 g/mol. The molecule has 2 aromatic rings. The van der Waals surface area contributed by atoms with Gasteiger partial charge in [-0.25, -0.2) is 0 Å². The fourth-order valence-electron chi connectivity index (χ4n) is 3.77. The van der Waals surface area contributed by atoms with Gasteiger partial charge in [-0.2, -0.15) is 0 Å². The molecule has 1 aliphatic heterocycles. The summed E-state index contributed by atoms with van der Waals surface area (Å²) in [6.45, 7) is 5.62. The Balaban J connectivity index is 1.56. The van der Waals surface area contributed by atoms with Crippen molar-refractivity contribution >= 4 is 11.7 Å². The zero-order valence-electron chi connectivity index (χ0n) is 17.0. The van der Waals surface area contributed by atoms with Crippen LogP contribution in [0.15, 0.2) is 48.5 Å². The molecule has 0 aromatic heterocycles. The van der Waals surface area contributed by atoms with Crippen molar-refractivity contribution in [1.82, 2.24) is 4.90 Å². The summed E-state index contributed by atoms with van der Waals surface area (Å²) in [6, 6.07) is 15.2. The minimum atomic E-state index is -0.00383. The van der Waals surface area contributed by atoms with Gasteiger partial charge in [-0.1, -0.05) is 38.1 Å². The molecule has 1 heterocycles. The first-order valence-electron chi connectivity index (χ1n) is 10.0. The van der Waals surface area contributed by atoms with Crippen LogP contribution in [0.2, 0.25) is 0 Å². The van der Waals surface area contributed by atoms with Crippen LogP contribution in [0.1, 0.15) is 53.0 Å². The highest BCUT2D eigenvalue weighted by Gasteiger charge is 2.28. The van der Waals surface area contributed by atoms with Crippen LogP contribution in [0.3, 0.4) is 0 Å². The van der Waals surface area contributed by atoms with Crippen molar-refractivity contribution in [3.63, 3.8) is 0 Å². The standard InChI is InChI=1S/C24H29NO3/c1-17(2)16-18-4-6-19(7-5-18)23(26)20-12-14-25(15-13-20)24(27)21-8-10-22(28-3)11-9-21/h4-11,17,20H,12-16H2,1-3H3. The quantitative estimate of drug-likeness (QED) is 0.688. The van der Waals surface area contributed by atoms with Crippen LogP contribution in [-0.2, 0) is 6.42 Å². The van der Waals surface area contributed by atoms with E-state index in [4.69, 9.17) is 4.74 Å². The summed E-state index contributed by atoms with van der Waals surface area (Å²) in [5, 5.41) is 0. The fraction of sp³-hybridized carbons (Fsp3) is 0.417. The highest BCUT2D eigenvalue weighted by molar-refractivity contribution is 5.98. The molecule has 0 aliphatic carbocycles. The molecule has 0 spiro atoms. The van der Waals surface area contributed by atoms with E-state index >= 15 is 0 Å². The molecule has 28 heavy (non-hydrogen) atoms. The van der Waals surface area contributed by atoms with Gasteiger partial charge in [0.25, 0.3) is 5.91 Å². The Kier molecular flexibility index (Phi) is 6.50. The summed E-state index contributed by atoms with van der Waals surface area (Å²) < 4.78 is 5.14. The van der Waals surface area contributed by atoms with Crippen LogP contribution < -0.4 is 4.74 Å². The number of likely N-dealkylation sites (tertiary alicyclic amines) is 1. The molecule has 148 valence electrons. The first-order chi connectivity index (χ1) is 13.5. The highest BCUT2D eigenvalue weighted by Crippen LogP contribution is 2.24. The molecule has 0 radical (unpaired) electrons. The molecule has 4 nitrogen and oxygen atoms in total. The Morgan fingerprint density at radius 1 is 0.964 bits per heavy atom. The number of ether oxygens (including phenoxy) is 1. The summed E-state index contributed by atoms with van der Waals surface area (Å²) in [6.07, 6.45) is 2.46. The summed E-state index contributed by atoms with van der Waals surface area (Å²) in [5.74, 6) is 1.56. The third-order valence-corrected chi connectivity index (χ3v) is 5.37. The van der Waals surface area contributed by atoms with E-state index in [0.717, 1.165) is 17.7 Å². The van der Waals surface area contributed by atoms with Crippen molar-refractivity contribution in [1.29, 1.82) is 0 Å². The van der Waals surface area contributed by atoms with Crippen LogP contribution in [-0.4, -0.2) is 36.8 Å². The van der Waals surface area contributed by atoms with Gasteiger partial charge in [0.2, 0.25) is 0 Å². The number of ketones is 1. The molecule has 3 rings (SSSR count). The van der Waals surface area contributed by atoms with Crippen LogP contribution in [0.5, 0.6) is 5.75 Å². The third kappa shape index (κ3) is 4.80. The van der Waals surface area contributed by atoms with Gasteiger partial charge in [0.15, 0.2) is 5.78 Å². The number of benzene rings is 2. The highest BCUT2D eigenvalue weighted by atomic mass is 16.5. The zero-order chi connectivity index (χ0) is 20.1. The number of carbonyl (C=O) groups is 2. The maximum Gasteiger partial charge on any atom is 0.253 e. The smallest absolute Gasteiger partial charge is 0.253 e. The minimum Gasteiger partial charge on any atom is -0.497 e. The summed E-state index contributed by atoms with van der Waals surface area (Å²) >= 11 is 0. The summed E-state index contributed by atoms with van der Waals surface area (Å²) in [7, 11) is 1.61. The summed E-state index contributed by atoms with van der Waals surface area (Å²) in [5.41, 5.74) is 2.71. The van der Waals surface area contributed by atoms with E-state index in [-0.39, 0.29) is 17.6 Å². The molecule has 1 amide bonds. The van der Waals surface area contributed by atoms with Gasteiger partial charge in [0, 0.05) is 30.1 Å². The van der Waals surface area contributed by atoms with E-state index in [1.807, 2.05) is 17.0 Å². The lowest BCUT2D eigenvalue weighted by atomic mass is 9.88. The average Bonchev–Trinajstić information content (AvgIpc) is 2.73. The van der Waals surface area contributed by atoms with Crippen molar-refractivity contribution in [2.75, 3.05) is 20.2 Å². The normalized spacial score (nSPS) is 14.9. The monoisotopic (exact) mass is 379 g/mol. The second kappa shape index (κ2) is 9.05. The van der Waals surface area contributed by atoms with Crippen molar-refractivity contribution in [2.45, 2.75) is 33.1 Å². The predicted octanol–water partition coefficient (Wildman–Crippen LogP) is 4.63. The van der Waals surface area contributed by atoms with E-state index in [1.165, 1.54) is 5.56 Å². The van der Waals surface area contributed by atoms with E-state index in [2.05, 4.69) is 26.0 Å². The van der Waals surface area contributed by atoms with Gasteiger partial charge in [-0.05, 0) is 55.0 Å². The maximum atomic E-state index is 12.8. The Hall–Kier alpha value is -2.62. The molecule has 0 atom stereocenters. The molecule has 0 bridgehead atoms. The Morgan fingerprint density at radius 2 is 1.54 bits per heavy atom. The number of carbonyl (C=O) groups excluding carboxylic acids is 2. The van der Waals surface area contributed by atoms with Gasteiger partial charge in [-0.15, -0.1) is 0 Å². The van der Waals surface area contributed by atoms with Gasteiger partial charge in [-0.3, -0.25) is 9.59 Å². The number of amides is 1. The van der Waals surface area contributed by atoms with Gasteiger partial charge >= 0.3 is 0 Å². The molecule has 2 aromatic carbocycles. The van der Waals surface area contributed by atoms with E-state index in [1.54, 1.807) is 31.4 Å². The lowest BCUT2D eigenvalue weighted by Gasteiger charge is -2.31. The van der Waals surface area contributed by atoms with Crippen LogP contribution in [0, 0.1) is 11.8 Å². The van der Waals surface area contributed by atoms with Gasteiger partial charge in [0.1, 0.15) is 5.75 Å². The molecular weight excluding hydrogens is 350 g/mol. The second-order valence-corrected chi connectivity index (χ2v) is 7.95. The molecule has 1 aliphatic rings. The van der Waals surface area contributed by atoms with Crippen molar-refractivity contribution < 1.29 is 14.3 Å². The molecule has 4 heteroatoms. The summed E-state index contributed by atoms with van der Waals surface area (Å²) in [4.78, 5) is 27.3. The van der Waals surface area contributed by atoms with Crippen LogP contribution >= 0.6 is 0 Å². The molecule has 0 N–H and O–H groups in total. The Morgan fingerprint density at radius 3 is 2.07 bits per heavy atom. The molecule has 1 fully saturated rings. The lowest BCUT2D eigenvalue weighted by Crippen LogP contribution is -2.40. The first-order valence-corrected chi connectivity index (χ1v) is 10.0. The molecule has 1 saturated heterocycles. The first kappa shape index (κ1) is 20.1. The number of hydrogen-bond donors (Lipinski definition) is 0. The van der Waals surface area contributed by atoms with Gasteiger partial charge < -0.3 is 9.64 Å². The predicted molar refractivity (Wildman–Crippen MR) is 111 cm³/mol. The number of hydrogen-bond acceptors (Lipinski definition) is 3. The number of piperidine rings is 1. The number of Topliss-reactive ketones (excluding diaryl/α,β-unsaturated/α-hetero) is 1. The molecule has 0 unspecified atom stereocenters. The minimum absolute atomic E-state index is 0.00383. The number of rotatable bonds is 6. The molecular formula is C24H29NO3. The Bertz CT molecular complexity index is 801. The zero-order valence-corrected chi connectivity index (χ0v) is 17.0. The van der Waals surface area contributed by atoms with Crippen LogP contribution in [0.4, 0.5) is 0 Å². The van der Waals surface area contributed by atoms with Crippen LogP contribution in [0.25, 0.3) is 0 Å². The number of methoxy groups -OCH3 is 1. The topological polar surface area (TPSA) is 46.6 Å². The largest absolute Gasteiger partial charge is 0.497 e. The lowest BCUT2D eigenvalue weighted by molar-refractivity contribution is 0.0650. The number of nitrogens with zero attached hydrogens (tertiary/aromatic N) is 1. The second-order valence-electron chi connectivity index (χ2n) is 7.95. The van der Waals surface area contributed by atoms with E-state index in [0.29, 0.717) is 37.4 Å². The van der Waals surface area contributed by atoms with Gasteiger partial charge in [0.05, 0.1) is 7.11 Å². The fourth-order valence-corrected chi connectivity index (χ4v) is 3.77. The Labute approximate surface area is 167 Å².